The molecule has 0 saturated heterocycles. The average molecular weight is 578 g/mol. The Morgan fingerprint density at radius 1 is 1.05 bits per heavy atom. The summed E-state index contributed by atoms with van der Waals surface area (Å²) in [6, 6.07) is 1.19. The Hall–Kier alpha value is -3.64. The van der Waals surface area contributed by atoms with Crippen molar-refractivity contribution in [2.75, 3.05) is 6.61 Å². The summed E-state index contributed by atoms with van der Waals surface area (Å²) < 4.78 is 7.47. The second kappa shape index (κ2) is 11.7. The number of aromatic amines is 1. The van der Waals surface area contributed by atoms with Gasteiger partial charge in [0.1, 0.15) is 23.3 Å². The van der Waals surface area contributed by atoms with E-state index in [1.54, 1.807) is 29.4 Å². The molecule has 12 heteroatoms. The summed E-state index contributed by atoms with van der Waals surface area (Å²) in [7, 11) is -1.13. The van der Waals surface area contributed by atoms with Crippen LogP contribution in [-0.2, 0) is 11.5 Å². The van der Waals surface area contributed by atoms with Gasteiger partial charge in [-0.1, -0.05) is 19.6 Å². The van der Waals surface area contributed by atoms with Crippen LogP contribution in [-0.4, -0.2) is 67.2 Å². The summed E-state index contributed by atoms with van der Waals surface area (Å²) in [6.07, 6.45) is 11.4. The van der Waals surface area contributed by atoms with Crippen molar-refractivity contribution < 1.29 is 19.4 Å². The quantitative estimate of drug-likeness (QED) is 0.170. The fourth-order valence-electron chi connectivity index (χ4n) is 4.43. The number of hydrogen-bond acceptors (Lipinski definition) is 7. The van der Waals surface area contributed by atoms with Crippen molar-refractivity contribution in [3.63, 3.8) is 0 Å². The van der Waals surface area contributed by atoms with Gasteiger partial charge in [0.25, 0.3) is 5.91 Å². The summed E-state index contributed by atoms with van der Waals surface area (Å²) in [6.45, 7) is 11.8. The normalized spacial score (nSPS) is 15.3. The average Bonchev–Trinajstić information content (AvgIpc) is 3.84. The predicted molar refractivity (Wildman–Crippen MR) is 159 cm³/mol. The molecular weight excluding hydrogens is 538 g/mol. The van der Waals surface area contributed by atoms with E-state index in [0.717, 1.165) is 30.3 Å². The number of hydrogen-bond donors (Lipinski definition) is 3. The maximum absolute atomic E-state index is 12.0. The molecule has 0 unspecified atom stereocenters. The van der Waals surface area contributed by atoms with Crippen LogP contribution in [0.4, 0.5) is 0 Å². The molecule has 11 nitrogen and oxygen atoms in total. The molecule has 0 radical (unpaired) electrons. The highest BCUT2D eigenvalue weighted by Crippen LogP contribution is 2.40. The zero-order chi connectivity index (χ0) is 29.3. The molecule has 218 valence electrons. The maximum atomic E-state index is 12.0. The van der Waals surface area contributed by atoms with Gasteiger partial charge in [0.05, 0.1) is 29.3 Å². The van der Waals surface area contributed by atoms with Crippen LogP contribution in [0.2, 0.25) is 25.7 Å². The summed E-state index contributed by atoms with van der Waals surface area (Å²) in [4.78, 5) is 44.4. The minimum absolute atomic E-state index is 0.0986. The van der Waals surface area contributed by atoms with E-state index >= 15 is 0 Å². The molecule has 4 heterocycles. The number of carbonyl (C=O) groups excluding carboxylic acids is 1. The van der Waals surface area contributed by atoms with Crippen molar-refractivity contribution in [2.45, 2.75) is 89.8 Å². The zero-order valence-electron chi connectivity index (χ0n) is 24.4. The molecule has 2 saturated carbocycles. The van der Waals surface area contributed by atoms with Crippen LogP contribution in [0.15, 0.2) is 24.8 Å². The van der Waals surface area contributed by atoms with Gasteiger partial charge >= 0.3 is 5.97 Å². The Bertz CT molecular complexity index is 1560. The molecule has 0 aromatic carbocycles. The van der Waals surface area contributed by atoms with Crippen molar-refractivity contribution in [3.8, 4) is 0 Å². The largest absolute Gasteiger partial charge is 0.478 e. The van der Waals surface area contributed by atoms with E-state index in [2.05, 4.69) is 49.9 Å². The second-order valence-electron chi connectivity index (χ2n) is 12.5. The summed E-state index contributed by atoms with van der Waals surface area (Å²) in [5.74, 6) is -0.0840. The van der Waals surface area contributed by atoms with Gasteiger partial charge in [-0.2, -0.15) is 0 Å². The van der Waals surface area contributed by atoms with Gasteiger partial charge in [0.15, 0.2) is 11.3 Å². The van der Waals surface area contributed by atoms with Crippen molar-refractivity contribution in [2.24, 2.45) is 0 Å². The second-order valence-corrected chi connectivity index (χ2v) is 18.1. The first-order chi connectivity index (χ1) is 19.5. The minimum Gasteiger partial charge on any atom is -0.478 e. The van der Waals surface area contributed by atoms with E-state index in [1.165, 1.54) is 12.8 Å². The highest BCUT2D eigenvalue weighted by molar-refractivity contribution is 6.76. The van der Waals surface area contributed by atoms with Gasteiger partial charge in [-0.25, -0.2) is 24.7 Å². The number of fused-ring (bicyclic) bond motifs is 2. The minimum atomic E-state index is -1.13. The molecule has 1 amide bonds. The zero-order valence-corrected chi connectivity index (χ0v) is 25.4. The van der Waals surface area contributed by atoms with E-state index in [0.29, 0.717) is 53.1 Å². The fourth-order valence-corrected chi connectivity index (χ4v) is 5.19. The smallest absolute Gasteiger partial charge is 0.339 e. The van der Waals surface area contributed by atoms with Crippen LogP contribution in [0.25, 0.3) is 22.3 Å². The number of carboxylic acids is 1. The lowest BCUT2D eigenvalue weighted by Crippen LogP contribution is -2.30. The molecule has 2 aliphatic rings. The van der Waals surface area contributed by atoms with Crippen LogP contribution in [0.3, 0.4) is 0 Å². The lowest BCUT2D eigenvalue weighted by atomic mass is 10.2. The highest BCUT2D eigenvalue weighted by Gasteiger charge is 2.28. The van der Waals surface area contributed by atoms with Gasteiger partial charge in [-0.3, -0.25) is 4.79 Å². The number of H-pyrrole nitrogens is 1. The van der Waals surface area contributed by atoms with Gasteiger partial charge in [-0.15, -0.1) is 0 Å². The summed E-state index contributed by atoms with van der Waals surface area (Å²) in [5, 5.41) is 12.3. The van der Waals surface area contributed by atoms with E-state index < -0.39 is 14.0 Å². The number of ether oxygens (including phenoxy) is 1. The number of carboxylic acid groups (broad SMARTS) is 1. The van der Waals surface area contributed by atoms with Crippen LogP contribution in [0.1, 0.15) is 83.5 Å². The third kappa shape index (κ3) is 7.17. The summed E-state index contributed by atoms with van der Waals surface area (Å²) in [5.41, 5.74) is 5.08. The van der Waals surface area contributed by atoms with E-state index in [1.807, 2.05) is 13.8 Å². The van der Waals surface area contributed by atoms with Gasteiger partial charge in [0, 0.05) is 45.0 Å². The Morgan fingerprint density at radius 2 is 1.68 bits per heavy atom. The van der Waals surface area contributed by atoms with E-state index in [-0.39, 0.29) is 17.5 Å². The van der Waals surface area contributed by atoms with Crippen molar-refractivity contribution in [1.29, 1.82) is 0 Å². The monoisotopic (exact) mass is 577 g/mol. The number of nitrogens with zero attached hydrogens (tertiary/aromatic N) is 5. The van der Waals surface area contributed by atoms with Gasteiger partial charge in [0.2, 0.25) is 0 Å². The summed E-state index contributed by atoms with van der Waals surface area (Å²) >= 11 is 0. The SMILES string of the molecule is CC(C)NC(=O)c1c[nH]c2ncc(C3CC3)nc12.C[Si](C)(C)CCOCn1cc(C(=O)O)c2nc(C3CC3)cnc21. The first-order valence-electron chi connectivity index (χ1n) is 14.3. The molecule has 0 bridgehead atoms. The van der Waals surface area contributed by atoms with Crippen LogP contribution >= 0.6 is 0 Å². The molecule has 0 aliphatic heterocycles. The topological polar surface area (TPSA) is 148 Å². The van der Waals surface area contributed by atoms with Crippen LogP contribution in [0, 0.1) is 0 Å². The first-order valence-corrected chi connectivity index (χ1v) is 18.0. The molecule has 3 N–H and O–H groups in total. The van der Waals surface area contributed by atoms with E-state index in [9.17, 15) is 14.7 Å². The number of aromatic nitrogens is 6. The molecule has 0 atom stereocenters. The molecular formula is C29H39N7O4Si. The van der Waals surface area contributed by atoms with Crippen molar-refractivity contribution >= 4 is 42.3 Å². The third-order valence-corrected chi connectivity index (χ3v) is 8.80. The van der Waals surface area contributed by atoms with Crippen molar-refractivity contribution in [1.82, 2.24) is 34.8 Å². The molecule has 41 heavy (non-hydrogen) atoms. The molecule has 2 aliphatic carbocycles. The van der Waals surface area contributed by atoms with Gasteiger partial charge < -0.3 is 24.7 Å². The molecule has 4 aromatic rings. The number of nitrogens with one attached hydrogen (secondary N) is 2. The van der Waals surface area contributed by atoms with Crippen molar-refractivity contribution in [3.05, 3.63) is 47.3 Å². The molecule has 4 aromatic heterocycles. The lowest BCUT2D eigenvalue weighted by molar-refractivity contribution is 0.0695. The third-order valence-electron chi connectivity index (χ3n) is 7.10. The number of carbonyl (C=O) groups is 2. The van der Waals surface area contributed by atoms with Crippen LogP contribution < -0.4 is 5.32 Å². The Kier molecular flexibility index (Phi) is 8.23. The molecule has 2 fully saturated rings. The number of rotatable bonds is 10. The molecule has 0 spiro atoms. The van der Waals surface area contributed by atoms with Crippen LogP contribution in [0.5, 0.6) is 0 Å². The first kappa shape index (κ1) is 28.9. The maximum Gasteiger partial charge on any atom is 0.339 e. The predicted octanol–water partition coefficient (Wildman–Crippen LogP) is 5.29. The fraction of sp³-hybridized carbons (Fsp3) is 0.517. The lowest BCUT2D eigenvalue weighted by Gasteiger charge is -2.15. The Morgan fingerprint density at radius 3 is 2.27 bits per heavy atom. The number of aromatic carboxylic acids is 1. The Labute approximate surface area is 240 Å². The highest BCUT2D eigenvalue weighted by atomic mass is 28.3. The van der Waals surface area contributed by atoms with E-state index in [4.69, 9.17) is 4.74 Å². The standard InChI is InChI=1S/C16H23N3O3Si.C13H16N4O/c1-23(2,3)7-6-22-10-19-9-12(16(20)21)14-15(19)17-8-13(18-14)11-4-5-11;1-7(2)16-13(18)9-5-14-12-11(9)17-10(6-15-12)8-3-4-8/h8-9,11H,4-7,10H2,1-3H3,(H,20,21);5-8H,3-4H2,1-2H3,(H,14,15)(H,16,18). The Balaban J connectivity index is 0.000000169. The molecule has 6 rings (SSSR count). The number of amides is 1. The van der Waals surface area contributed by atoms with Gasteiger partial charge in [-0.05, 0) is 45.6 Å².